The lowest BCUT2D eigenvalue weighted by Crippen LogP contribution is -1.96. The molecule has 0 spiro atoms. The highest BCUT2D eigenvalue weighted by Crippen LogP contribution is 2.06. The van der Waals surface area contributed by atoms with Gasteiger partial charge in [-0.15, -0.1) is 0 Å². The molecule has 0 bridgehead atoms. The summed E-state index contributed by atoms with van der Waals surface area (Å²) in [6.45, 7) is 3.44. The van der Waals surface area contributed by atoms with Crippen molar-refractivity contribution in [3.8, 4) is 0 Å². The first-order chi connectivity index (χ1) is 5.70. The van der Waals surface area contributed by atoms with Gasteiger partial charge < -0.3 is 9.05 Å². The van der Waals surface area contributed by atoms with Crippen LogP contribution in [0.15, 0.2) is 12.2 Å². The van der Waals surface area contributed by atoms with Crippen molar-refractivity contribution < 1.29 is 18.6 Å². The first-order valence-corrected chi connectivity index (χ1v) is 5.95. The average Bonchev–Trinajstić information content (AvgIpc) is 2.02. The van der Waals surface area contributed by atoms with Crippen LogP contribution in [0.25, 0.3) is 0 Å². The maximum absolute atomic E-state index is 10.6. The maximum atomic E-state index is 10.6. The van der Waals surface area contributed by atoms with E-state index in [9.17, 15) is 9.59 Å². The minimum atomic E-state index is -0.521. The summed E-state index contributed by atoms with van der Waals surface area (Å²) in [4.78, 5) is 21.3. The molecule has 0 aliphatic carbocycles. The summed E-state index contributed by atoms with van der Waals surface area (Å²) < 4.78 is 9.13. The van der Waals surface area contributed by atoms with Crippen LogP contribution in [0.1, 0.15) is 0 Å². The van der Waals surface area contributed by atoms with Crippen LogP contribution < -0.4 is 0 Å². The molecule has 2 unspecified atom stereocenters. The summed E-state index contributed by atoms with van der Waals surface area (Å²) in [6, 6.07) is 0. The first kappa shape index (κ1) is 11.5. The van der Waals surface area contributed by atoms with Gasteiger partial charge in [0.15, 0.2) is 0 Å². The van der Waals surface area contributed by atoms with Crippen molar-refractivity contribution in [3.63, 3.8) is 0 Å². The van der Waals surface area contributed by atoms with Gasteiger partial charge in [-0.2, -0.15) is 0 Å². The van der Waals surface area contributed by atoms with Crippen molar-refractivity contribution >= 4 is 29.6 Å². The topological polar surface area (TPSA) is 52.6 Å². The minimum absolute atomic E-state index is 0.0913. The highest BCUT2D eigenvalue weighted by Gasteiger charge is 1.97. The van der Waals surface area contributed by atoms with Crippen LogP contribution in [-0.2, 0) is 18.6 Å². The molecule has 0 saturated carbocycles. The zero-order valence-corrected chi connectivity index (χ0v) is 8.79. The summed E-state index contributed by atoms with van der Waals surface area (Å²) in [7, 11) is 0.183. The normalized spacial score (nSPS) is 11.8. The molecule has 0 aromatic rings. The predicted octanol–water partition coefficient (Wildman–Crippen LogP) is 1.08. The first-order valence-electron chi connectivity index (χ1n) is 3.14. The third-order valence-electron chi connectivity index (χ3n) is 0.761. The van der Waals surface area contributed by atoms with E-state index in [-0.39, 0.29) is 17.6 Å². The van der Waals surface area contributed by atoms with Crippen molar-refractivity contribution in [3.05, 3.63) is 12.2 Å². The lowest BCUT2D eigenvalue weighted by molar-refractivity contribution is -0.130. The molecule has 2 atom stereocenters. The molecule has 0 saturated heterocycles. The molecule has 12 heavy (non-hydrogen) atoms. The molecule has 4 nitrogen and oxygen atoms in total. The van der Waals surface area contributed by atoms with Gasteiger partial charge in [-0.25, -0.2) is 9.59 Å². The molecule has 6 heteroatoms. The molecular formula is C6H10O4P2. The summed E-state index contributed by atoms with van der Waals surface area (Å²) >= 11 is 0. The lowest BCUT2D eigenvalue weighted by atomic mass is 10.5. The molecule has 68 valence electrons. The molecule has 0 heterocycles. The molecule has 0 aromatic heterocycles. The third kappa shape index (κ3) is 6.26. The quantitative estimate of drug-likeness (QED) is 0.512. The van der Waals surface area contributed by atoms with Gasteiger partial charge in [0.2, 0.25) is 0 Å². The SMILES string of the molecule is CPOC(=O)/C=C\C(=O)OPC. The van der Waals surface area contributed by atoms with E-state index >= 15 is 0 Å². The lowest BCUT2D eigenvalue weighted by Gasteiger charge is -1.95. The fourth-order valence-electron chi connectivity index (χ4n) is 0.405. The Morgan fingerprint density at radius 1 is 1.00 bits per heavy atom. The molecule has 0 aliphatic rings. The van der Waals surface area contributed by atoms with Crippen molar-refractivity contribution in [2.45, 2.75) is 0 Å². The van der Waals surface area contributed by atoms with Gasteiger partial charge in [0.25, 0.3) is 0 Å². The van der Waals surface area contributed by atoms with Crippen LogP contribution in [0.5, 0.6) is 0 Å². The Balaban J connectivity index is 3.73. The van der Waals surface area contributed by atoms with Crippen LogP contribution in [0.4, 0.5) is 0 Å². The Bertz CT molecular complexity index is 170. The average molecular weight is 208 g/mol. The van der Waals surface area contributed by atoms with Crippen LogP contribution in [0.3, 0.4) is 0 Å². The molecular weight excluding hydrogens is 198 g/mol. The van der Waals surface area contributed by atoms with Crippen molar-refractivity contribution in [1.29, 1.82) is 0 Å². The maximum Gasteiger partial charge on any atom is 0.333 e. The van der Waals surface area contributed by atoms with E-state index in [0.717, 1.165) is 12.2 Å². The van der Waals surface area contributed by atoms with Gasteiger partial charge >= 0.3 is 11.9 Å². The van der Waals surface area contributed by atoms with E-state index < -0.39 is 11.9 Å². The Morgan fingerprint density at radius 3 is 1.58 bits per heavy atom. The number of carbonyl (C=O) groups is 2. The van der Waals surface area contributed by atoms with Gasteiger partial charge in [0, 0.05) is 12.2 Å². The van der Waals surface area contributed by atoms with E-state index in [4.69, 9.17) is 0 Å². The number of hydrogen-bond donors (Lipinski definition) is 0. The molecule has 0 aromatic carbocycles. The Kier molecular flexibility index (Phi) is 6.93. The molecule has 0 rings (SSSR count). The van der Waals surface area contributed by atoms with E-state index in [1.165, 1.54) is 0 Å². The molecule has 0 fully saturated rings. The number of rotatable bonds is 4. The fourth-order valence-corrected chi connectivity index (χ4v) is 0.944. The van der Waals surface area contributed by atoms with Gasteiger partial charge in [-0.05, 0) is 13.3 Å². The van der Waals surface area contributed by atoms with Gasteiger partial charge in [0.1, 0.15) is 0 Å². The third-order valence-corrected chi connectivity index (χ3v) is 1.57. The highest BCUT2D eigenvalue weighted by molar-refractivity contribution is 7.32. The van der Waals surface area contributed by atoms with Crippen molar-refractivity contribution in [1.82, 2.24) is 0 Å². The van der Waals surface area contributed by atoms with Gasteiger partial charge in [0.05, 0.1) is 17.6 Å². The van der Waals surface area contributed by atoms with Crippen LogP contribution in [0, 0.1) is 0 Å². The largest absolute Gasteiger partial charge is 0.445 e. The summed E-state index contributed by atoms with van der Waals surface area (Å²) in [5, 5.41) is 0. The Hall–Kier alpha value is -0.460. The Labute approximate surface area is 74.4 Å². The van der Waals surface area contributed by atoms with E-state index in [0.29, 0.717) is 0 Å². The molecule has 0 amide bonds. The number of hydrogen-bond acceptors (Lipinski definition) is 4. The monoisotopic (exact) mass is 208 g/mol. The van der Waals surface area contributed by atoms with E-state index in [1.807, 2.05) is 0 Å². The minimum Gasteiger partial charge on any atom is -0.445 e. The summed E-state index contributed by atoms with van der Waals surface area (Å²) in [6.07, 6.45) is 2.11. The highest BCUT2D eigenvalue weighted by atomic mass is 31.1. The van der Waals surface area contributed by atoms with E-state index in [1.54, 1.807) is 13.3 Å². The zero-order valence-electron chi connectivity index (χ0n) is 6.79. The second kappa shape index (κ2) is 7.20. The second-order valence-electron chi connectivity index (χ2n) is 1.58. The van der Waals surface area contributed by atoms with E-state index in [2.05, 4.69) is 9.05 Å². The summed E-state index contributed by atoms with van der Waals surface area (Å²) in [5.41, 5.74) is 0. The summed E-state index contributed by atoms with van der Waals surface area (Å²) in [5.74, 6) is -1.04. The van der Waals surface area contributed by atoms with Crippen molar-refractivity contribution in [2.24, 2.45) is 0 Å². The molecule has 0 aliphatic heterocycles. The molecule has 0 radical (unpaired) electrons. The second-order valence-corrected chi connectivity index (χ2v) is 2.81. The van der Waals surface area contributed by atoms with Crippen LogP contribution in [0.2, 0.25) is 0 Å². The van der Waals surface area contributed by atoms with Gasteiger partial charge in [-0.1, -0.05) is 0 Å². The Morgan fingerprint density at radius 2 is 1.33 bits per heavy atom. The number of carbonyl (C=O) groups excluding carboxylic acids is 2. The van der Waals surface area contributed by atoms with Gasteiger partial charge in [-0.3, -0.25) is 0 Å². The smallest absolute Gasteiger partial charge is 0.333 e. The predicted molar refractivity (Wildman–Crippen MR) is 49.8 cm³/mol. The van der Waals surface area contributed by atoms with Crippen LogP contribution >= 0.6 is 17.6 Å². The molecule has 0 N–H and O–H groups in total. The zero-order chi connectivity index (χ0) is 9.40. The standard InChI is InChI=1S/C6H10O4P2/c1-11-9-5(7)3-4-6(8)10-12-2/h3-4,11-12H,1-2H3/b4-3-. The van der Waals surface area contributed by atoms with Crippen LogP contribution in [-0.4, -0.2) is 25.3 Å². The fraction of sp³-hybridized carbons (Fsp3) is 0.333. The van der Waals surface area contributed by atoms with Crippen molar-refractivity contribution in [2.75, 3.05) is 13.3 Å².